The van der Waals surface area contributed by atoms with E-state index in [1.54, 1.807) is 24.3 Å². The Kier molecular flexibility index (Phi) is 9.61. The minimum Gasteiger partial charge on any atom is -0.429 e. The zero-order valence-corrected chi connectivity index (χ0v) is 24.2. The van der Waals surface area contributed by atoms with Crippen LogP contribution in [0.3, 0.4) is 0 Å². The van der Waals surface area contributed by atoms with E-state index in [9.17, 15) is 30.7 Å². The number of rotatable bonds is 10. The van der Waals surface area contributed by atoms with Crippen molar-refractivity contribution in [2.75, 3.05) is 0 Å². The molecule has 1 aliphatic rings. The molecule has 1 aliphatic carbocycles. The van der Waals surface area contributed by atoms with E-state index in [1.807, 2.05) is 12.3 Å². The van der Waals surface area contributed by atoms with Crippen LogP contribution in [-0.2, 0) is 6.11 Å². The fourth-order valence-electron chi connectivity index (χ4n) is 5.93. The summed E-state index contributed by atoms with van der Waals surface area (Å²) in [5, 5.41) is 0. The van der Waals surface area contributed by atoms with Gasteiger partial charge in [0.05, 0.1) is 5.69 Å². The highest BCUT2D eigenvalue weighted by molar-refractivity contribution is 5.69. The quantitative estimate of drug-likeness (QED) is 0.101. The zero-order chi connectivity index (χ0) is 31.4. The van der Waals surface area contributed by atoms with Gasteiger partial charge in [0.2, 0.25) is 0 Å². The number of alkyl halides is 2. The lowest BCUT2D eigenvalue weighted by molar-refractivity contribution is -0.189. The maximum atomic E-state index is 14.8. The first kappa shape index (κ1) is 31.5. The van der Waals surface area contributed by atoms with Crippen LogP contribution in [0.25, 0.3) is 22.4 Å². The lowest BCUT2D eigenvalue weighted by atomic mass is 9.77. The molecule has 3 aromatic carbocycles. The molecule has 0 bridgehead atoms. The summed E-state index contributed by atoms with van der Waals surface area (Å²) in [4.78, 5) is 4.64. The summed E-state index contributed by atoms with van der Waals surface area (Å²) in [6, 6.07) is 12.4. The standard InChI is InChI=1S/C35H32F7NO/c1-2-3-4-5-21-6-8-22(9-7-21)25-14-15-32(43-20-25)24-12-10-23(11-13-24)26-16-28(36)33(29(37)17-26)35(41,42)44-27-18-30(38)34(40)31(39)19-27/h10-22H,2-9H2,1H3. The van der Waals surface area contributed by atoms with Crippen molar-refractivity contribution < 1.29 is 35.5 Å². The predicted octanol–water partition coefficient (Wildman–Crippen LogP) is 11.1. The molecule has 44 heavy (non-hydrogen) atoms. The van der Waals surface area contributed by atoms with Crippen molar-refractivity contribution >= 4 is 0 Å². The van der Waals surface area contributed by atoms with Crippen molar-refractivity contribution in [1.29, 1.82) is 0 Å². The van der Waals surface area contributed by atoms with Gasteiger partial charge in [-0.15, -0.1) is 0 Å². The number of halogens is 7. The van der Waals surface area contributed by atoms with Gasteiger partial charge in [0.1, 0.15) is 22.9 Å². The molecule has 232 valence electrons. The monoisotopic (exact) mass is 615 g/mol. The van der Waals surface area contributed by atoms with Crippen LogP contribution in [0.5, 0.6) is 5.75 Å². The van der Waals surface area contributed by atoms with Crippen LogP contribution in [0.1, 0.15) is 75.3 Å². The molecule has 0 spiro atoms. The second-order valence-electron chi connectivity index (χ2n) is 11.4. The smallest absolute Gasteiger partial charge is 0.429 e. The summed E-state index contributed by atoms with van der Waals surface area (Å²) >= 11 is 0. The Labute approximate surface area is 251 Å². The highest BCUT2D eigenvalue weighted by Crippen LogP contribution is 2.39. The van der Waals surface area contributed by atoms with Crippen LogP contribution in [0.2, 0.25) is 0 Å². The molecule has 1 fully saturated rings. The molecule has 0 unspecified atom stereocenters. The Balaban J connectivity index is 1.26. The molecule has 1 aromatic heterocycles. The van der Waals surface area contributed by atoms with Crippen molar-refractivity contribution in [1.82, 2.24) is 4.98 Å². The molecule has 1 saturated carbocycles. The average molecular weight is 616 g/mol. The fourth-order valence-corrected chi connectivity index (χ4v) is 5.93. The van der Waals surface area contributed by atoms with Gasteiger partial charge in [0.25, 0.3) is 0 Å². The average Bonchev–Trinajstić information content (AvgIpc) is 3.00. The second-order valence-corrected chi connectivity index (χ2v) is 11.4. The fraction of sp³-hybridized carbons (Fsp3) is 0.343. The third kappa shape index (κ3) is 7.08. The highest BCUT2D eigenvalue weighted by atomic mass is 19.3. The van der Waals surface area contributed by atoms with Crippen molar-refractivity contribution in [2.24, 2.45) is 5.92 Å². The van der Waals surface area contributed by atoms with Gasteiger partial charge >= 0.3 is 6.11 Å². The maximum absolute atomic E-state index is 14.8. The molecule has 0 N–H and O–H groups in total. The number of aromatic nitrogens is 1. The Bertz CT molecular complexity index is 1530. The second kappa shape index (κ2) is 13.4. The van der Waals surface area contributed by atoms with Gasteiger partial charge < -0.3 is 4.74 Å². The maximum Gasteiger partial charge on any atom is 0.432 e. The van der Waals surface area contributed by atoms with Crippen LogP contribution < -0.4 is 4.74 Å². The Morgan fingerprint density at radius 3 is 1.91 bits per heavy atom. The molecule has 0 radical (unpaired) electrons. The summed E-state index contributed by atoms with van der Waals surface area (Å²) in [6.07, 6.45) is 7.26. The number of pyridine rings is 1. The van der Waals surface area contributed by atoms with E-state index in [-0.39, 0.29) is 17.7 Å². The Hall–Kier alpha value is -3.88. The minimum atomic E-state index is -4.65. The largest absolute Gasteiger partial charge is 0.432 e. The van der Waals surface area contributed by atoms with Gasteiger partial charge in [-0.25, -0.2) is 22.0 Å². The van der Waals surface area contributed by atoms with Crippen LogP contribution in [0.4, 0.5) is 30.7 Å². The van der Waals surface area contributed by atoms with E-state index in [2.05, 4.69) is 22.7 Å². The van der Waals surface area contributed by atoms with Crippen LogP contribution in [0.15, 0.2) is 66.9 Å². The summed E-state index contributed by atoms with van der Waals surface area (Å²) < 4.78 is 103. The third-order valence-electron chi connectivity index (χ3n) is 8.37. The Morgan fingerprint density at radius 1 is 0.727 bits per heavy atom. The van der Waals surface area contributed by atoms with Gasteiger partial charge in [-0.05, 0) is 72.4 Å². The predicted molar refractivity (Wildman–Crippen MR) is 155 cm³/mol. The molecule has 0 aliphatic heterocycles. The van der Waals surface area contributed by atoms with Crippen molar-refractivity contribution in [3.63, 3.8) is 0 Å². The lowest BCUT2D eigenvalue weighted by Gasteiger charge is -2.28. The Morgan fingerprint density at radius 2 is 1.34 bits per heavy atom. The van der Waals surface area contributed by atoms with E-state index in [0.29, 0.717) is 23.6 Å². The first-order valence-electron chi connectivity index (χ1n) is 14.8. The molecule has 2 nitrogen and oxygen atoms in total. The molecular weight excluding hydrogens is 583 g/mol. The molecule has 4 aromatic rings. The summed E-state index contributed by atoms with van der Waals surface area (Å²) in [5.41, 5.74) is 1.31. The van der Waals surface area contributed by atoms with E-state index >= 15 is 0 Å². The number of benzene rings is 3. The minimum absolute atomic E-state index is 0.0152. The van der Waals surface area contributed by atoms with Crippen LogP contribution >= 0.6 is 0 Å². The van der Waals surface area contributed by atoms with Crippen LogP contribution in [-0.4, -0.2) is 4.98 Å². The molecule has 0 amide bonds. The number of hydrogen-bond acceptors (Lipinski definition) is 2. The van der Waals surface area contributed by atoms with Crippen molar-refractivity contribution in [3.05, 3.63) is 107 Å². The molecule has 9 heteroatoms. The first-order valence-corrected chi connectivity index (χ1v) is 14.8. The number of nitrogens with zero attached hydrogens (tertiary/aromatic N) is 1. The molecule has 1 heterocycles. The van der Waals surface area contributed by atoms with Gasteiger partial charge in [-0.2, -0.15) is 8.78 Å². The third-order valence-corrected chi connectivity index (χ3v) is 8.37. The topological polar surface area (TPSA) is 22.1 Å². The van der Waals surface area contributed by atoms with Crippen molar-refractivity contribution in [3.8, 4) is 28.1 Å². The normalized spacial score (nSPS) is 17.1. The summed E-state index contributed by atoms with van der Waals surface area (Å²) in [6.45, 7) is 2.23. The summed E-state index contributed by atoms with van der Waals surface area (Å²) in [5.74, 6) is -8.57. The number of ether oxygens (including phenoxy) is 1. The number of hydrogen-bond donors (Lipinski definition) is 0. The van der Waals surface area contributed by atoms with E-state index in [4.69, 9.17) is 0 Å². The van der Waals surface area contributed by atoms with E-state index < -0.39 is 46.5 Å². The van der Waals surface area contributed by atoms with Crippen molar-refractivity contribution in [2.45, 2.75) is 70.3 Å². The molecule has 0 atom stereocenters. The summed E-state index contributed by atoms with van der Waals surface area (Å²) in [7, 11) is 0. The molecule has 5 rings (SSSR count). The number of unbranched alkanes of at least 4 members (excludes halogenated alkanes) is 2. The van der Waals surface area contributed by atoms with E-state index in [1.165, 1.54) is 56.9 Å². The van der Waals surface area contributed by atoms with Gasteiger partial charge in [0.15, 0.2) is 17.5 Å². The van der Waals surface area contributed by atoms with Gasteiger partial charge in [-0.3, -0.25) is 4.98 Å². The zero-order valence-electron chi connectivity index (χ0n) is 24.2. The molecular formula is C35H32F7NO. The lowest BCUT2D eigenvalue weighted by Crippen LogP contribution is -2.25. The van der Waals surface area contributed by atoms with Gasteiger partial charge in [-0.1, -0.05) is 62.9 Å². The molecule has 0 saturated heterocycles. The van der Waals surface area contributed by atoms with E-state index in [0.717, 1.165) is 17.2 Å². The van der Waals surface area contributed by atoms with Crippen LogP contribution in [0, 0.1) is 35.0 Å². The highest BCUT2D eigenvalue weighted by Gasteiger charge is 2.41. The SMILES string of the molecule is CCCCCC1CCC(c2ccc(-c3ccc(-c4cc(F)c(C(F)(F)Oc5cc(F)c(F)c(F)c5)c(F)c4)cc3)nc2)CC1. The first-order chi connectivity index (χ1) is 21.1. The van der Waals surface area contributed by atoms with Gasteiger partial charge in [0, 0.05) is 23.9 Å².